The Morgan fingerprint density at radius 2 is 2.16 bits per heavy atom. The van der Waals surface area contributed by atoms with Gasteiger partial charge in [-0.05, 0) is 32.4 Å². The van der Waals surface area contributed by atoms with Crippen molar-refractivity contribution in [2.45, 2.75) is 33.2 Å². The molecule has 0 saturated heterocycles. The van der Waals surface area contributed by atoms with E-state index in [4.69, 9.17) is 5.11 Å². The van der Waals surface area contributed by atoms with Crippen molar-refractivity contribution < 1.29 is 9.90 Å². The molecule has 1 N–H and O–H groups in total. The number of hydrogen-bond acceptors (Lipinski definition) is 2. The summed E-state index contributed by atoms with van der Waals surface area (Å²) in [6, 6.07) is 5.78. The van der Waals surface area contributed by atoms with Gasteiger partial charge >= 0.3 is 0 Å². The van der Waals surface area contributed by atoms with E-state index in [-0.39, 0.29) is 18.6 Å². The Morgan fingerprint density at radius 3 is 2.74 bits per heavy atom. The molecule has 1 aromatic rings. The van der Waals surface area contributed by atoms with Crippen LogP contribution in [0.5, 0.6) is 0 Å². The molecule has 1 rings (SSSR count). The van der Waals surface area contributed by atoms with E-state index in [2.05, 4.69) is 18.8 Å². The first-order chi connectivity index (χ1) is 9.01. The molecule has 0 heterocycles. The van der Waals surface area contributed by atoms with Crippen molar-refractivity contribution >= 4 is 5.91 Å². The Kier molecular flexibility index (Phi) is 5.59. The molecule has 3 heteroatoms. The van der Waals surface area contributed by atoms with Crippen LogP contribution in [0.3, 0.4) is 0 Å². The van der Waals surface area contributed by atoms with Gasteiger partial charge in [-0.3, -0.25) is 4.79 Å². The number of nitrogens with zero attached hydrogens (tertiary/aromatic N) is 1. The highest BCUT2D eigenvalue weighted by Gasteiger charge is 2.18. The number of aryl methyl sites for hydroxylation is 1. The van der Waals surface area contributed by atoms with Crippen molar-refractivity contribution in [1.82, 2.24) is 4.90 Å². The van der Waals surface area contributed by atoms with Gasteiger partial charge < -0.3 is 10.0 Å². The van der Waals surface area contributed by atoms with E-state index in [9.17, 15) is 4.79 Å². The van der Waals surface area contributed by atoms with E-state index in [1.807, 2.05) is 39.1 Å². The first kappa shape index (κ1) is 15.3. The fraction of sp³-hybridized carbons (Fsp3) is 0.438. The van der Waals surface area contributed by atoms with E-state index < -0.39 is 0 Å². The Morgan fingerprint density at radius 1 is 1.47 bits per heavy atom. The summed E-state index contributed by atoms with van der Waals surface area (Å²) in [7, 11) is 1.81. The van der Waals surface area contributed by atoms with E-state index in [1.165, 1.54) is 0 Å². The van der Waals surface area contributed by atoms with Gasteiger partial charge in [0.1, 0.15) is 6.61 Å². The van der Waals surface area contributed by atoms with Crippen molar-refractivity contribution in [3.05, 3.63) is 34.9 Å². The summed E-state index contributed by atoms with van der Waals surface area (Å²) < 4.78 is 0. The lowest BCUT2D eigenvalue weighted by Crippen LogP contribution is -2.35. The summed E-state index contributed by atoms with van der Waals surface area (Å²) in [5, 5.41) is 8.78. The molecule has 0 spiro atoms. The normalized spacial score (nSPS) is 11.4. The summed E-state index contributed by atoms with van der Waals surface area (Å²) in [5.41, 5.74) is 2.29. The van der Waals surface area contributed by atoms with Crippen LogP contribution in [-0.2, 0) is 0 Å². The third-order valence-electron chi connectivity index (χ3n) is 3.28. The van der Waals surface area contributed by atoms with Crippen LogP contribution < -0.4 is 0 Å². The molecular weight excluding hydrogens is 238 g/mol. The molecule has 1 unspecified atom stereocenters. The van der Waals surface area contributed by atoms with Gasteiger partial charge in [0, 0.05) is 18.7 Å². The van der Waals surface area contributed by atoms with Gasteiger partial charge in [0.25, 0.3) is 5.91 Å². The maximum absolute atomic E-state index is 12.5. The summed E-state index contributed by atoms with van der Waals surface area (Å²) in [6.45, 7) is 5.82. The zero-order chi connectivity index (χ0) is 14.4. The maximum Gasteiger partial charge on any atom is 0.255 e. The van der Waals surface area contributed by atoms with Crippen LogP contribution in [0, 0.1) is 18.8 Å². The minimum atomic E-state index is -0.206. The van der Waals surface area contributed by atoms with Crippen LogP contribution in [0.2, 0.25) is 0 Å². The van der Waals surface area contributed by atoms with Crippen LogP contribution in [0.1, 0.15) is 41.8 Å². The number of carbonyl (C=O) groups is 1. The number of aliphatic hydroxyl groups excluding tert-OH is 1. The highest BCUT2D eigenvalue weighted by atomic mass is 16.2. The van der Waals surface area contributed by atoms with Gasteiger partial charge in [-0.25, -0.2) is 0 Å². The van der Waals surface area contributed by atoms with Crippen molar-refractivity contribution in [1.29, 1.82) is 0 Å². The molecule has 1 atom stereocenters. The van der Waals surface area contributed by atoms with Gasteiger partial charge in [-0.15, -0.1) is 0 Å². The molecular formula is C16H21NO2. The van der Waals surface area contributed by atoms with E-state index in [0.29, 0.717) is 11.1 Å². The van der Waals surface area contributed by atoms with Gasteiger partial charge in [0.15, 0.2) is 0 Å². The number of benzene rings is 1. The number of carbonyl (C=O) groups excluding carboxylic acids is 1. The van der Waals surface area contributed by atoms with Crippen LogP contribution in [0.25, 0.3) is 0 Å². The second-order valence-electron chi connectivity index (χ2n) is 4.68. The van der Waals surface area contributed by atoms with E-state index in [1.54, 1.807) is 4.90 Å². The average molecular weight is 259 g/mol. The highest BCUT2D eigenvalue weighted by Crippen LogP contribution is 2.15. The monoisotopic (exact) mass is 259 g/mol. The SMILES string of the molecule is CCC(C)N(C)C(=O)c1cc(C)ccc1C#CCO. The molecule has 1 aromatic carbocycles. The molecule has 0 aliphatic carbocycles. The molecule has 0 aromatic heterocycles. The van der Waals surface area contributed by atoms with Crippen molar-refractivity contribution in [2.24, 2.45) is 0 Å². The second-order valence-corrected chi connectivity index (χ2v) is 4.68. The van der Waals surface area contributed by atoms with Crippen LogP contribution in [0.4, 0.5) is 0 Å². The Labute approximate surface area is 115 Å². The third-order valence-corrected chi connectivity index (χ3v) is 3.28. The van der Waals surface area contributed by atoms with Crippen LogP contribution in [-0.4, -0.2) is 35.6 Å². The fourth-order valence-corrected chi connectivity index (χ4v) is 1.74. The molecule has 1 amide bonds. The lowest BCUT2D eigenvalue weighted by molar-refractivity contribution is 0.0740. The predicted octanol–water partition coefficient (Wildman–Crippen LogP) is 2.21. The Balaban J connectivity index is 3.17. The average Bonchev–Trinajstić information content (AvgIpc) is 2.43. The topological polar surface area (TPSA) is 40.5 Å². The molecule has 102 valence electrons. The number of hydrogen-bond donors (Lipinski definition) is 1. The highest BCUT2D eigenvalue weighted by molar-refractivity contribution is 5.97. The molecule has 0 aliphatic rings. The number of amides is 1. The zero-order valence-electron chi connectivity index (χ0n) is 12.0. The molecule has 0 saturated carbocycles. The van der Waals surface area contributed by atoms with E-state index >= 15 is 0 Å². The van der Waals surface area contributed by atoms with Gasteiger partial charge in [0.05, 0.1) is 5.56 Å². The van der Waals surface area contributed by atoms with Gasteiger partial charge in [-0.2, -0.15) is 0 Å². The summed E-state index contributed by atoms with van der Waals surface area (Å²) in [5.74, 6) is 5.40. The predicted molar refractivity (Wildman–Crippen MR) is 77.0 cm³/mol. The van der Waals surface area contributed by atoms with Crippen molar-refractivity contribution in [3.63, 3.8) is 0 Å². The molecule has 0 aliphatic heterocycles. The minimum Gasteiger partial charge on any atom is -0.384 e. The minimum absolute atomic E-state index is 0.0275. The lowest BCUT2D eigenvalue weighted by Gasteiger charge is -2.24. The molecule has 19 heavy (non-hydrogen) atoms. The van der Waals surface area contributed by atoms with Crippen molar-refractivity contribution in [3.8, 4) is 11.8 Å². The smallest absolute Gasteiger partial charge is 0.255 e. The zero-order valence-corrected chi connectivity index (χ0v) is 12.0. The third kappa shape index (κ3) is 3.84. The molecule has 3 nitrogen and oxygen atoms in total. The first-order valence-corrected chi connectivity index (χ1v) is 6.48. The maximum atomic E-state index is 12.5. The second kappa shape index (κ2) is 6.96. The first-order valence-electron chi connectivity index (χ1n) is 6.48. The quantitative estimate of drug-likeness (QED) is 0.845. The summed E-state index contributed by atoms with van der Waals surface area (Å²) >= 11 is 0. The molecule has 0 radical (unpaired) electrons. The molecule has 0 fully saturated rings. The summed E-state index contributed by atoms with van der Waals surface area (Å²) in [6.07, 6.45) is 0.908. The molecule has 0 bridgehead atoms. The largest absolute Gasteiger partial charge is 0.384 e. The lowest BCUT2D eigenvalue weighted by atomic mass is 10.0. The summed E-state index contributed by atoms with van der Waals surface area (Å²) in [4.78, 5) is 14.2. The van der Waals surface area contributed by atoms with Crippen LogP contribution in [0.15, 0.2) is 18.2 Å². The standard InChI is InChI=1S/C16H21NO2/c1-5-13(3)17(4)16(19)15-11-12(2)8-9-14(15)7-6-10-18/h8-9,11,13,18H,5,10H2,1-4H3. The van der Waals surface area contributed by atoms with Gasteiger partial charge in [-0.1, -0.05) is 30.4 Å². The Bertz CT molecular complexity index is 511. The van der Waals surface area contributed by atoms with Gasteiger partial charge in [0.2, 0.25) is 0 Å². The Hall–Kier alpha value is -1.79. The van der Waals surface area contributed by atoms with Crippen molar-refractivity contribution in [2.75, 3.05) is 13.7 Å². The van der Waals surface area contributed by atoms with E-state index in [0.717, 1.165) is 12.0 Å². The number of aliphatic hydroxyl groups is 1. The fourth-order valence-electron chi connectivity index (χ4n) is 1.74. The van der Waals surface area contributed by atoms with Crippen LogP contribution >= 0.6 is 0 Å². The number of rotatable bonds is 3.